The number of nitrogens with two attached hydrogens (primary N) is 1. The molecular weight excluding hydrogens is 241 g/mol. The Bertz CT molecular complexity index is 493. The maximum Gasteiger partial charge on any atom is 0.495 e. The molecule has 0 aliphatic carbocycles. The first-order valence-corrected chi connectivity index (χ1v) is 6.87. The first-order chi connectivity index (χ1) is 9.08. The fourth-order valence-corrected chi connectivity index (χ4v) is 3.14. The monoisotopic (exact) mass is 261 g/mol. The third kappa shape index (κ3) is 1.88. The Kier molecular flexibility index (Phi) is 3.08. The van der Waals surface area contributed by atoms with Gasteiger partial charge in [-0.05, 0) is 48.5 Å². The number of allylic oxidation sites excluding steroid dienone is 3. The lowest BCUT2D eigenvalue weighted by Gasteiger charge is -2.30. The van der Waals surface area contributed by atoms with Crippen molar-refractivity contribution in [2.45, 2.75) is 38.9 Å². The molecule has 3 aliphatic rings. The maximum atomic E-state index is 6.05. The van der Waals surface area contributed by atoms with Crippen molar-refractivity contribution >= 4 is 7.12 Å². The third-order valence-electron chi connectivity index (χ3n) is 4.16. The molecule has 2 N–H and O–H groups in total. The van der Waals surface area contributed by atoms with E-state index in [4.69, 9.17) is 19.8 Å². The molecule has 3 aliphatic heterocycles. The van der Waals surface area contributed by atoms with Crippen LogP contribution >= 0.6 is 0 Å². The van der Waals surface area contributed by atoms with E-state index in [1.807, 2.05) is 6.08 Å². The Morgan fingerprint density at radius 1 is 1.47 bits per heavy atom. The number of ether oxygens (including phenoxy) is 1. The van der Waals surface area contributed by atoms with E-state index in [2.05, 4.69) is 20.8 Å². The number of hydrogen-bond donors (Lipinski definition) is 1. The van der Waals surface area contributed by atoms with Crippen molar-refractivity contribution in [1.29, 1.82) is 0 Å². The molecule has 102 valence electrons. The summed E-state index contributed by atoms with van der Waals surface area (Å²) in [5, 5.41) is 0. The molecule has 0 saturated carbocycles. The number of rotatable bonds is 2. The zero-order valence-corrected chi connectivity index (χ0v) is 11.7. The van der Waals surface area contributed by atoms with Gasteiger partial charge in [0.1, 0.15) is 6.61 Å². The predicted octanol–water partition coefficient (Wildman–Crippen LogP) is 1.73. The molecule has 19 heavy (non-hydrogen) atoms. The normalized spacial score (nSPS) is 28.4. The maximum absolute atomic E-state index is 6.05. The van der Waals surface area contributed by atoms with Gasteiger partial charge < -0.3 is 19.8 Å². The standard InChI is InChI=1S/C14H20BNO3/c1-4-9-10-5-6-17-8-11-13(10)15(18-12(9)7-16)19-14(11,2)3/h5-6,12H,4,7-8,16H2,1-3H3/t12-/m1/s1. The molecule has 0 bridgehead atoms. The van der Waals surface area contributed by atoms with Gasteiger partial charge in [-0.25, -0.2) is 0 Å². The molecule has 0 saturated heterocycles. The van der Waals surface area contributed by atoms with Crippen LogP contribution in [0.25, 0.3) is 0 Å². The molecular formula is C14H20BNO3. The zero-order valence-electron chi connectivity index (χ0n) is 11.7. The lowest BCUT2D eigenvalue weighted by Crippen LogP contribution is -2.40. The summed E-state index contributed by atoms with van der Waals surface area (Å²) in [5.41, 5.74) is 10.3. The van der Waals surface area contributed by atoms with Gasteiger partial charge in [0, 0.05) is 6.54 Å². The molecule has 0 unspecified atom stereocenters. The van der Waals surface area contributed by atoms with E-state index in [0.717, 1.165) is 11.9 Å². The number of hydrogen-bond acceptors (Lipinski definition) is 4. The average molecular weight is 261 g/mol. The second-order valence-corrected chi connectivity index (χ2v) is 5.62. The van der Waals surface area contributed by atoms with Gasteiger partial charge in [-0.3, -0.25) is 0 Å². The molecule has 0 aromatic heterocycles. The minimum atomic E-state index is -0.348. The highest BCUT2D eigenvalue weighted by Crippen LogP contribution is 2.44. The minimum absolute atomic E-state index is 0.0633. The SMILES string of the molecule is CCC1=C2C=COCC3=C2B(O[C@@H]1CN)OC3(C)C. The summed E-state index contributed by atoms with van der Waals surface area (Å²) in [7, 11) is -0.310. The van der Waals surface area contributed by atoms with E-state index in [1.165, 1.54) is 16.7 Å². The Balaban J connectivity index is 2.19. The van der Waals surface area contributed by atoms with Gasteiger partial charge in [-0.15, -0.1) is 0 Å². The molecule has 0 amide bonds. The molecule has 0 spiro atoms. The molecule has 0 fully saturated rings. The van der Waals surface area contributed by atoms with E-state index in [9.17, 15) is 0 Å². The predicted molar refractivity (Wildman–Crippen MR) is 74.3 cm³/mol. The Hall–Kier alpha value is -1.04. The fourth-order valence-electron chi connectivity index (χ4n) is 3.14. The Morgan fingerprint density at radius 3 is 2.95 bits per heavy atom. The largest absolute Gasteiger partial charge is 0.497 e. The first kappa shape index (κ1) is 13.0. The molecule has 1 atom stereocenters. The summed E-state index contributed by atoms with van der Waals surface area (Å²) in [5.74, 6) is 0. The molecule has 0 aromatic carbocycles. The fraction of sp³-hybridized carbons (Fsp3) is 0.571. The molecule has 5 heteroatoms. The van der Waals surface area contributed by atoms with Crippen LogP contribution in [0.1, 0.15) is 27.2 Å². The van der Waals surface area contributed by atoms with E-state index < -0.39 is 0 Å². The highest BCUT2D eigenvalue weighted by molar-refractivity contribution is 6.57. The van der Waals surface area contributed by atoms with Gasteiger partial charge in [0.05, 0.1) is 18.0 Å². The summed E-state index contributed by atoms with van der Waals surface area (Å²) in [6, 6.07) is 0. The van der Waals surface area contributed by atoms with Crippen molar-refractivity contribution in [2.24, 2.45) is 5.73 Å². The summed E-state index contributed by atoms with van der Waals surface area (Å²) >= 11 is 0. The van der Waals surface area contributed by atoms with E-state index >= 15 is 0 Å². The summed E-state index contributed by atoms with van der Waals surface area (Å²) in [6.07, 6.45) is 4.66. The van der Waals surface area contributed by atoms with Crippen molar-refractivity contribution in [1.82, 2.24) is 0 Å². The molecule has 0 radical (unpaired) electrons. The van der Waals surface area contributed by atoms with Gasteiger partial charge >= 0.3 is 7.12 Å². The second kappa shape index (κ2) is 4.51. The van der Waals surface area contributed by atoms with E-state index in [1.54, 1.807) is 6.26 Å². The van der Waals surface area contributed by atoms with Gasteiger partial charge in [-0.1, -0.05) is 6.92 Å². The smallest absolute Gasteiger partial charge is 0.495 e. The van der Waals surface area contributed by atoms with E-state index in [0.29, 0.717) is 13.2 Å². The van der Waals surface area contributed by atoms with Crippen LogP contribution < -0.4 is 5.73 Å². The molecule has 3 heterocycles. The minimum Gasteiger partial charge on any atom is -0.497 e. The van der Waals surface area contributed by atoms with Crippen molar-refractivity contribution in [3.63, 3.8) is 0 Å². The molecule has 0 aromatic rings. The van der Waals surface area contributed by atoms with Crippen LogP contribution in [0.5, 0.6) is 0 Å². The highest BCUT2D eigenvalue weighted by atomic mass is 16.6. The van der Waals surface area contributed by atoms with Gasteiger partial charge in [0.2, 0.25) is 0 Å². The second-order valence-electron chi connectivity index (χ2n) is 5.62. The highest BCUT2D eigenvalue weighted by Gasteiger charge is 2.50. The topological polar surface area (TPSA) is 53.7 Å². The quantitative estimate of drug-likeness (QED) is 0.769. The van der Waals surface area contributed by atoms with Crippen molar-refractivity contribution in [3.8, 4) is 0 Å². The lowest BCUT2D eigenvalue weighted by molar-refractivity contribution is 0.0891. The average Bonchev–Trinajstić information content (AvgIpc) is 2.55. The summed E-state index contributed by atoms with van der Waals surface area (Å²) in [4.78, 5) is 0. The van der Waals surface area contributed by atoms with Crippen LogP contribution in [0, 0.1) is 0 Å². The first-order valence-electron chi connectivity index (χ1n) is 6.87. The van der Waals surface area contributed by atoms with Crippen LogP contribution in [0.15, 0.2) is 34.5 Å². The van der Waals surface area contributed by atoms with Gasteiger partial charge in [-0.2, -0.15) is 0 Å². The van der Waals surface area contributed by atoms with Gasteiger partial charge in [0.15, 0.2) is 0 Å². The van der Waals surface area contributed by atoms with Crippen molar-refractivity contribution < 1.29 is 14.0 Å². The van der Waals surface area contributed by atoms with E-state index in [-0.39, 0.29) is 18.8 Å². The Labute approximate surface area is 114 Å². The van der Waals surface area contributed by atoms with Crippen LogP contribution in [-0.2, 0) is 14.0 Å². The zero-order chi connectivity index (χ0) is 13.6. The summed E-state index contributed by atoms with van der Waals surface area (Å²) in [6.45, 7) is 7.30. The van der Waals surface area contributed by atoms with Crippen LogP contribution in [0.3, 0.4) is 0 Å². The van der Waals surface area contributed by atoms with Gasteiger partial charge in [0.25, 0.3) is 0 Å². The van der Waals surface area contributed by atoms with Crippen LogP contribution in [-0.4, -0.2) is 32.0 Å². The lowest BCUT2D eigenvalue weighted by atomic mass is 9.68. The molecule has 4 nitrogen and oxygen atoms in total. The van der Waals surface area contributed by atoms with Crippen molar-refractivity contribution in [2.75, 3.05) is 13.2 Å². The van der Waals surface area contributed by atoms with Crippen LogP contribution in [0.4, 0.5) is 0 Å². The Morgan fingerprint density at radius 2 is 2.26 bits per heavy atom. The van der Waals surface area contributed by atoms with Crippen LogP contribution in [0.2, 0.25) is 0 Å². The third-order valence-corrected chi connectivity index (χ3v) is 4.16. The summed E-state index contributed by atoms with van der Waals surface area (Å²) < 4.78 is 17.7. The van der Waals surface area contributed by atoms with Crippen molar-refractivity contribution in [3.05, 3.63) is 34.5 Å². The molecule has 3 rings (SSSR count).